The summed E-state index contributed by atoms with van der Waals surface area (Å²) in [6.07, 6.45) is -0.637. The predicted molar refractivity (Wildman–Crippen MR) is 61.9 cm³/mol. The van der Waals surface area contributed by atoms with Crippen molar-refractivity contribution in [1.82, 2.24) is 0 Å². The number of nitrogens with one attached hydrogen (secondary N) is 1. The molecule has 8 nitrogen and oxygen atoms in total. The number of nitrogens with two attached hydrogens (primary N) is 1. The minimum Gasteiger partial charge on any atom is -0.481 e. The molecule has 0 aliphatic carbocycles. The van der Waals surface area contributed by atoms with Crippen LogP contribution in [0.1, 0.15) is 6.42 Å². The van der Waals surface area contributed by atoms with Gasteiger partial charge in [0.1, 0.15) is 5.82 Å². The third-order valence-corrected chi connectivity index (χ3v) is 2.15. The second kappa shape index (κ2) is 5.87. The standard InChI is InChI=1S/C10H10FN3O5/c11-6-2-1-5(14(18)19)3-8(6)13-10(17)7(12)4-9(15)16/h1-3,7H,4,12H2,(H,13,17)(H,15,16). The number of nitro groups is 1. The van der Waals surface area contributed by atoms with Crippen LogP contribution in [0.15, 0.2) is 18.2 Å². The Hall–Kier alpha value is -2.55. The highest BCUT2D eigenvalue weighted by molar-refractivity contribution is 5.96. The highest BCUT2D eigenvalue weighted by atomic mass is 19.1. The number of anilines is 1. The molecule has 4 N–H and O–H groups in total. The predicted octanol–water partition coefficient (Wildman–Crippen LogP) is 0.474. The number of carbonyl (C=O) groups excluding carboxylic acids is 1. The van der Waals surface area contributed by atoms with E-state index in [1.807, 2.05) is 5.32 Å². The highest BCUT2D eigenvalue weighted by Crippen LogP contribution is 2.21. The zero-order valence-electron chi connectivity index (χ0n) is 9.50. The van der Waals surface area contributed by atoms with Crippen molar-refractivity contribution in [2.24, 2.45) is 5.73 Å². The Morgan fingerprint density at radius 1 is 1.53 bits per heavy atom. The molecule has 0 bridgehead atoms. The summed E-state index contributed by atoms with van der Waals surface area (Å²) in [7, 11) is 0. The summed E-state index contributed by atoms with van der Waals surface area (Å²) in [5.41, 5.74) is 4.42. The van der Waals surface area contributed by atoms with Gasteiger partial charge in [-0.2, -0.15) is 0 Å². The Balaban J connectivity index is 2.86. The van der Waals surface area contributed by atoms with Crippen molar-refractivity contribution in [3.8, 4) is 0 Å². The summed E-state index contributed by atoms with van der Waals surface area (Å²) in [6.45, 7) is 0. The number of carboxylic acid groups (broad SMARTS) is 1. The van der Waals surface area contributed by atoms with Crippen LogP contribution in [0.2, 0.25) is 0 Å². The van der Waals surface area contributed by atoms with E-state index < -0.39 is 46.5 Å². The number of rotatable bonds is 5. The van der Waals surface area contributed by atoms with E-state index >= 15 is 0 Å². The lowest BCUT2D eigenvalue weighted by atomic mass is 10.2. The molecule has 1 amide bonds. The molecule has 0 saturated heterocycles. The fourth-order valence-corrected chi connectivity index (χ4v) is 1.23. The van der Waals surface area contributed by atoms with Crippen molar-refractivity contribution in [1.29, 1.82) is 0 Å². The molecule has 1 unspecified atom stereocenters. The molecule has 0 fully saturated rings. The van der Waals surface area contributed by atoms with Crippen LogP contribution < -0.4 is 11.1 Å². The molecule has 1 aromatic carbocycles. The summed E-state index contributed by atoms with van der Waals surface area (Å²) >= 11 is 0. The molecule has 0 saturated carbocycles. The van der Waals surface area contributed by atoms with Crippen molar-refractivity contribution in [3.63, 3.8) is 0 Å². The number of hydrogen-bond donors (Lipinski definition) is 3. The van der Waals surface area contributed by atoms with Crippen LogP contribution in [-0.4, -0.2) is 27.9 Å². The SMILES string of the molecule is NC(CC(=O)O)C(=O)Nc1cc([N+](=O)[O-])ccc1F. The van der Waals surface area contributed by atoms with Gasteiger partial charge in [0.25, 0.3) is 5.69 Å². The van der Waals surface area contributed by atoms with E-state index in [2.05, 4.69) is 0 Å². The van der Waals surface area contributed by atoms with Crippen LogP contribution in [0.25, 0.3) is 0 Å². The second-order valence-corrected chi connectivity index (χ2v) is 3.61. The number of hydrogen-bond acceptors (Lipinski definition) is 5. The Morgan fingerprint density at radius 3 is 2.68 bits per heavy atom. The number of nitrogens with zero attached hydrogens (tertiary/aromatic N) is 1. The first-order valence-electron chi connectivity index (χ1n) is 5.03. The quantitative estimate of drug-likeness (QED) is 0.526. The molecule has 9 heteroatoms. The van der Waals surface area contributed by atoms with Gasteiger partial charge in [0, 0.05) is 12.1 Å². The smallest absolute Gasteiger partial charge is 0.305 e. The van der Waals surface area contributed by atoms with Gasteiger partial charge in [0.05, 0.1) is 23.1 Å². The third kappa shape index (κ3) is 4.00. The largest absolute Gasteiger partial charge is 0.481 e. The first-order chi connectivity index (χ1) is 8.81. The average molecular weight is 271 g/mol. The zero-order chi connectivity index (χ0) is 14.6. The minimum absolute atomic E-state index is 0.413. The fraction of sp³-hybridized carbons (Fsp3) is 0.200. The molecule has 1 atom stereocenters. The molecule has 0 heterocycles. The maximum absolute atomic E-state index is 13.3. The molecule has 1 aromatic rings. The number of nitro benzene ring substituents is 1. The van der Waals surface area contributed by atoms with Gasteiger partial charge >= 0.3 is 5.97 Å². The molecule has 1 rings (SSSR count). The van der Waals surface area contributed by atoms with Gasteiger partial charge < -0.3 is 16.2 Å². The summed E-state index contributed by atoms with van der Waals surface area (Å²) in [5, 5.41) is 20.9. The molecule has 0 spiro atoms. The van der Waals surface area contributed by atoms with Crippen molar-refractivity contribution in [2.45, 2.75) is 12.5 Å². The Morgan fingerprint density at radius 2 is 2.16 bits per heavy atom. The fourth-order valence-electron chi connectivity index (χ4n) is 1.23. The lowest BCUT2D eigenvalue weighted by Gasteiger charge is -2.10. The zero-order valence-corrected chi connectivity index (χ0v) is 9.50. The number of benzene rings is 1. The van der Waals surface area contributed by atoms with Crippen LogP contribution in [0.3, 0.4) is 0 Å². The highest BCUT2D eigenvalue weighted by Gasteiger charge is 2.19. The minimum atomic E-state index is -1.38. The van der Waals surface area contributed by atoms with Gasteiger partial charge in [0.2, 0.25) is 5.91 Å². The van der Waals surface area contributed by atoms with Crippen LogP contribution in [-0.2, 0) is 9.59 Å². The Kier molecular flexibility index (Phi) is 4.48. The van der Waals surface area contributed by atoms with Crippen molar-refractivity contribution >= 4 is 23.3 Å². The van der Waals surface area contributed by atoms with Gasteiger partial charge in [-0.05, 0) is 6.07 Å². The first-order valence-corrected chi connectivity index (χ1v) is 5.03. The van der Waals surface area contributed by atoms with Gasteiger partial charge in [-0.3, -0.25) is 19.7 Å². The van der Waals surface area contributed by atoms with Crippen LogP contribution >= 0.6 is 0 Å². The number of non-ortho nitro benzene ring substituents is 1. The Labute approximate surface area is 106 Å². The van der Waals surface area contributed by atoms with Gasteiger partial charge in [0.15, 0.2) is 0 Å². The first kappa shape index (κ1) is 14.5. The monoisotopic (exact) mass is 271 g/mol. The lowest BCUT2D eigenvalue weighted by molar-refractivity contribution is -0.384. The van der Waals surface area contributed by atoms with E-state index in [4.69, 9.17) is 10.8 Å². The topological polar surface area (TPSA) is 136 Å². The number of halogens is 1. The maximum atomic E-state index is 13.3. The van der Waals surface area contributed by atoms with E-state index in [-0.39, 0.29) is 0 Å². The van der Waals surface area contributed by atoms with E-state index in [1.165, 1.54) is 0 Å². The molecule has 0 aliphatic rings. The number of aliphatic carboxylic acids is 1. The van der Waals surface area contributed by atoms with Crippen molar-refractivity contribution < 1.29 is 24.0 Å². The van der Waals surface area contributed by atoms with Gasteiger partial charge in [-0.1, -0.05) is 0 Å². The molecule has 0 radical (unpaired) electrons. The number of carboxylic acids is 1. The van der Waals surface area contributed by atoms with Crippen LogP contribution in [0, 0.1) is 15.9 Å². The summed E-state index contributed by atoms with van der Waals surface area (Å²) in [6, 6.07) is 1.19. The molecule has 0 aliphatic heterocycles. The summed E-state index contributed by atoms with van der Waals surface area (Å²) < 4.78 is 13.3. The number of amides is 1. The summed E-state index contributed by atoms with van der Waals surface area (Å²) in [5.74, 6) is -3.12. The van der Waals surface area contributed by atoms with Gasteiger partial charge in [-0.15, -0.1) is 0 Å². The average Bonchev–Trinajstić information content (AvgIpc) is 2.30. The number of carbonyl (C=O) groups is 2. The Bertz CT molecular complexity index is 534. The second-order valence-electron chi connectivity index (χ2n) is 3.61. The molecule has 19 heavy (non-hydrogen) atoms. The molecular weight excluding hydrogens is 261 g/mol. The van der Waals surface area contributed by atoms with Crippen LogP contribution in [0.5, 0.6) is 0 Å². The molecule has 102 valence electrons. The van der Waals surface area contributed by atoms with Crippen molar-refractivity contribution in [3.05, 3.63) is 34.1 Å². The molecule has 0 aromatic heterocycles. The van der Waals surface area contributed by atoms with Gasteiger partial charge in [-0.25, -0.2) is 4.39 Å². The van der Waals surface area contributed by atoms with E-state index in [9.17, 15) is 24.1 Å². The summed E-state index contributed by atoms with van der Waals surface area (Å²) in [4.78, 5) is 31.5. The molecular formula is C10H10FN3O5. The van der Waals surface area contributed by atoms with Crippen molar-refractivity contribution in [2.75, 3.05) is 5.32 Å². The lowest BCUT2D eigenvalue weighted by Crippen LogP contribution is -2.37. The van der Waals surface area contributed by atoms with E-state index in [0.29, 0.717) is 0 Å². The maximum Gasteiger partial charge on any atom is 0.305 e. The van der Waals surface area contributed by atoms with E-state index in [1.54, 1.807) is 0 Å². The normalized spacial score (nSPS) is 11.7. The third-order valence-electron chi connectivity index (χ3n) is 2.15. The van der Waals surface area contributed by atoms with Crippen LogP contribution in [0.4, 0.5) is 15.8 Å². The van der Waals surface area contributed by atoms with E-state index in [0.717, 1.165) is 18.2 Å².